The van der Waals surface area contributed by atoms with Gasteiger partial charge < -0.3 is 76.7 Å². The molecule has 1 aromatic carbocycles. The standard InChI is InChI=1S/C41H71N15O8/c1-4-8-28(34(59)54-30(21-24-13-15-25(57)16-14-24)36(61)55-31(22-42)37(62)51-27(33(44)58)17-12-23(2)3)52-35(60)29(10-6-19-50-41(47)48)53-38(63)32-11-7-20-56(32)39(64)26(43)9-5-18-49-40(45)46/h13-16,23,26-32,57H,4-12,17-22,42-43H2,1-3H3,(H2,44,58)(H,51,62)(H,52,60)(H,53,63)(H,54,59)(H,55,61)(H4,45,46,49)(H4,47,48,50)/t26-,27-,28-,29-,30-,31+,32-/m0/s1. The van der Waals surface area contributed by atoms with Gasteiger partial charge in [0.05, 0.1) is 6.04 Å². The molecule has 1 aliphatic rings. The van der Waals surface area contributed by atoms with Gasteiger partial charge in [0, 0.05) is 32.6 Å². The highest BCUT2D eigenvalue weighted by molar-refractivity contribution is 5.97. The van der Waals surface area contributed by atoms with E-state index in [1.807, 2.05) is 13.8 Å². The summed E-state index contributed by atoms with van der Waals surface area (Å²) in [6.07, 6.45) is 3.12. The number of nitrogens with zero attached hydrogens (tertiary/aromatic N) is 3. The highest BCUT2D eigenvalue weighted by atomic mass is 16.3. The van der Waals surface area contributed by atoms with Gasteiger partial charge in [0.2, 0.25) is 41.4 Å². The molecular weight excluding hydrogens is 831 g/mol. The van der Waals surface area contributed by atoms with Crippen molar-refractivity contribution in [2.45, 2.75) is 134 Å². The number of rotatable bonds is 28. The molecule has 23 heteroatoms. The molecule has 0 bridgehead atoms. The van der Waals surface area contributed by atoms with Crippen LogP contribution in [0.1, 0.15) is 90.5 Å². The third-order valence-electron chi connectivity index (χ3n) is 10.5. The molecule has 0 aliphatic carbocycles. The number of carbonyl (C=O) groups excluding carboxylic acids is 7. The molecule has 1 heterocycles. The number of guanidine groups is 2. The molecule has 1 aliphatic heterocycles. The van der Waals surface area contributed by atoms with Crippen LogP contribution in [0.15, 0.2) is 34.3 Å². The van der Waals surface area contributed by atoms with Crippen LogP contribution in [0.4, 0.5) is 0 Å². The molecule has 0 unspecified atom stereocenters. The maximum atomic E-state index is 14.1. The molecule has 358 valence electrons. The number of amides is 7. The van der Waals surface area contributed by atoms with Crippen molar-refractivity contribution in [1.29, 1.82) is 0 Å². The largest absolute Gasteiger partial charge is 0.508 e. The van der Waals surface area contributed by atoms with Crippen molar-refractivity contribution in [2.75, 3.05) is 26.2 Å². The summed E-state index contributed by atoms with van der Waals surface area (Å²) < 4.78 is 0. The third kappa shape index (κ3) is 19.0. The summed E-state index contributed by atoms with van der Waals surface area (Å²) in [6, 6.07) is -2.02. The molecule has 7 atom stereocenters. The van der Waals surface area contributed by atoms with E-state index in [1.54, 1.807) is 19.1 Å². The van der Waals surface area contributed by atoms with Crippen LogP contribution in [0.3, 0.4) is 0 Å². The van der Waals surface area contributed by atoms with Crippen molar-refractivity contribution in [3.8, 4) is 5.75 Å². The van der Waals surface area contributed by atoms with Crippen LogP contribution in [-0.4, -0.2) is 132 Å². The van der Waals surface area contributed by atoms with Crippen LogP contribution in [0.2, 0.25) is 0 Å². The molecular formula is C41H71N15O8. The fraction of sp³-hybridized carbons (Fsp3) is 0.634. The van der Waals surface area contributed by atoms with Crippen molar-refractivity contribution in [2.24, 2.45) is 56.0 Å². The first-order valence-corrected chi connectivity index (χ1v) is 21.7. The Balaban J connectivity index is 2.32. The van der Waals surface area contributed by atoms with E-state index in [0.717, 1.165) is 0 Å². The topological polar surface area (TPSA) is 410 Å². The highest BCUT2D eigenvalue weighted by Gasteiger charge is 2.38. The van der Waals surface area contributed by atoms with E-state index in [2.05, 4.69) is 36.6 Å². The van der Waals surface area contributed by atoms with Gasteiger partial charge in [0.25, 0.3) is 0 Å². The smallest absolute Gasteiger partial charge is 0.244 e. The molecule has 0 saturated carbocycles. The van der Waals surface area contributed by atoms with Gasteiger partial charge >= 0.3 is 0 Å². The third-order valence-corrected chi connectivity index (χ3v) is 10.5. The molecule has 0 radical (unpaired) electrons. The number of nitrogens with one attached hydrogen (secondary N) is 5. The molecule has 2 rings (SSSR count). The van der Waals surface area contributed by atoms with Crippen LogP contribution in [0.25, 0.3) is 0 Å². The molecule has 64 heavy (non-hydrogen) atoms. The highest BCUT2D eigenvalue weighted by Crippen LogP contribution is 2.20. The monoisotopic (exact) mass is 902 g/mol. The van der Waals surface area contributed by atoms with Crippen LogP contribution in [0, 0.1) is 5.92 Å². The number of aromatic hydroxyl groups is 1. The van der Waals surface area contributed by atoms with Gasteiger partial charge in [0.1, 0.15) is 42.0 Å². The fourth-order valence-electron chi connectivity index (χ4n) is 6.94. The average Bonchev–Trinajstić information content (AvgIpc) is 3.73. The molecule has 0 aromatic heterocycles. The summed E-state index contributed by atoms with van der Waals surface area (Å²) in [6.45, 7) is 6.00. The Morgan fingerprint density at radius 1 is 0.703 bits per heavy atom. The molecule has 23 nitrogen and oxygen atoms in total. The summed E-state index contributed by atoms with van der Waals surface area (Å²) in [7, 11) is 0. The van der Waals surface area contributed by atoms with Gasteiger partial charge in [-0.25, -0.2) is 0 Å². The Bertz CT molecular complexity index is 1770. The Labute approximate surface area is 374 Å². The van der Waals surface area contributed by atoms with Gasteiger partial charge in [0.15, 0.2) is 11.9 Å². The van der Waals surface area contributed by atoms with Crippen molar-refractivity contribution in [3.05, 3.63) is 29.8 Å². The van der Waals surface area contributed by atoms with Gasteiger partial charge in [-0.3, -0.25) is 43.5 Å². The van der Waals surface area contributed by atoms with Gasteiger partial charge in [-0.15, -0.1) is 0 Å². The second-order valence-corrected chi connectivity index (χ2v) is 16.3. The SMILES string of the molecule is CCC[C@H](NC(=O)[C@H](CCCN=C(N)N)NC(=O)[C@@H]1CCCN1C(=O)[C@@H](N)CCCN=C(N)N)C(=O)N[C@@H](Cc1ccc(O)cc1)C(=O)N[C@H](CN)C(=O)N[C@@H](CCC(C)C)C(N)=O. The Morgan fingerprint density at radius 2 is 1.22 bits per heavy atom. The first-order valence-electron chi connectivity index (χ1n) is 21.7. The summed E-state index contributed by atoms with van der Waals surface area (Å²) in [5.41, 5.74) is 39.9. The van der Waals surface area contributed by atoms with E-state index in [0.29, 0.717) is 37.7 Å². The molecule has 1 aromatic rings. The predicted octanol–water partition coefficient (Wildman–Crippen LogP) is -3.54. The minimum absolute atomic E-state index is 0.0346. The second kappa shape index (κ2) is 27.7. The zero-order valence-electron chi connectivity index (χ0n) is 37.2. The minimum Gasteiger partial charge on any atom is -0.508 e. The Kier molecular flexibility index (Phi) is 23.4. The van der Waals surface area contributed by atoms with E-state index >= 15 is 0 Å². The second-order valence-electron chi connectivity index (χ2n) is 16.3. The maximum Gasteiger partial charge on any atom is 0.244 e. The van der Waals surface area contributed by atoms with Gasteiger partial charge in [-0.05, 0) is 81.4 Å². The molecule has 1 fully saturated rings. The zero-order chi connectivity index (χ0) is 47.9. The summed E-state index contributed by atoms with van der Waals surface area (Å²) >= 11 is 0. The summed E-state index contributed by atoms with van der Waals surface area (Å²) in [5, 5.41) is 23.1. The predicted molar refractivity (Wildman–Crippen MR) is 241 cm³/mol. The van der Waals surface area contributed by atoms with E-state index in [1.165, 1.54) is 17.0 Å². The lowest BCUT2D eigenvalue weighted by Gasteiger charge is -2.29. The average molecular weight is 902 g/mol. The number of hydrogen-bond donors (Lipinski definition) is 13. The van der Waals surface area contributed by atoms with Crippen LogP contribution >= 0.6 is 0 Å². The minimum atomic E-state index is -1.33. The quantitative estimate of drug-likeness (QED) is 0.0220. The summed E-state index contributed by atoms with van der Waals surface area (Å²) in [5.74, 6) is -4.88. The Morgan fingerprint density at radius 3 is 1.77 bits per heavy atom. The number of primary amides is 1. The van der Waals surface area contributed by atoms with E-state index in [4.69, 9.17) is 40.1 Å². The van der Waals surface area contributed by atoms with E-state index in [-0.39, 0.29) is 88.3 Å². The lowest BCUT2D eigenvalue weighted by atomic mass is 10.0. The van der Waals surface area contributed by atoms with Crippen molar-refractivity contribution >= 4 is 53.3 Å². The number of phenols is 1. The fourth-order valence-corrected chi connectivity index (χ4v) is 6.94. The maximum absolute atomic E-state index is 14.1. The first kappa shape index (κ1) is 53.9. The number of likely N-dealkylation sites (tertiary alicyclic amines) is 1. The number of aliphatic imine (C=N–C) groups is 2. The lowest BCUT2D eigenvalue weighted by molar-refractivity contribution is -0.140. The number of nitrogens with two attached hydrogens (primary N) is 7. The van der Waals surface area contributed by atoms with Crippen LogP contribution in [0.5, 0.6) is 5.75 Å². The van der Waals surface area contributed by atoms with Crippen molar-refractivity contribution in [1.82, 2.24) is 31.5 Å². The van der Waals surface area contributed by atoms with Crippen LogP contribution in [-0.2, 0) is 40.0 Å². The number of hydrogen-bond acceptors (Lipinski definition) is 12. The van der Waals surface area contributed by atoms with Crippen LogP contribution < -0.4 is 66.7 Å². The normalized spacial score (nSPS) is 16.2. The Hall–Kier alpha value is -6.23. The number of carbonyl (C=O) groups is 7. The van der Waals surface area contributed by atoms with E-state index in [9.17, 15) is 38.7 Å². The molecule has 1 saturated heterocycles. The first-order chi connectivity index (χ1) is 30.3. The van der Waals surface area contributed by atoms with Crippen molar-refractivity contribution < 1.29 is 38.7 Å². The number of benzene rings is 1. The molecule has 20 N–H and O–H groups in total. The zero-order valence-corrected chi connectivity index (χ0v) is 37.2. The van der Waals surface area contributed by atoms with E-state index < -0.39 is 83.6 Å². The van der Waals surface area contributed by atoms with Crippen molar-refractivity contribution in [3.63, 3.8) is 0 Å². The number of phenolic OH excluding ortho intramolecular Hbond substituents is 1. The van der Waals surface area contributed by atoms with Gasteiger partial charge in [-0.1, -0.05) is 39.3 Å². The van der Waals surface area contributed by atoms with Gasteiger partial charge in [-0.2, -0.15) is 0 Å². The lowest BCUT2D eigenvalue weighted by Crippen LogP contribution is -2.61. The molecule has 7 amide bonds. The molecule has 0 spiro atoms. The summed E-state index contributed by atoms with van der Waals surface area (Å²) in [4.78, 5) is 104.